The largest absolute Gasteiger partial charge is 1.00 e. The van der Waals surface area contributed by atoms with Crippen molar-refractivity contribution in [3.63, 3.8) is 0 Å². The molecule has 3 fully saturated rings. The molecule has 3 saturated heterocycles. The van der Waals surface area contributed by atoms with Gasteiger partial charge in [0.25, 0.3) is 0 Å². The van der Waals surface area contributed by atoms with E-state index in [-0.39, 0.29) is 75.6 Å². The molecule has 3 heterocycles. The van der Waals surface area contributed by atoms with Crippen molar-refractivity contribution in [3.05, 3.63) is 0 Å². The van der Waals surface area contributed by atoms with Crippen molar-refractivity contribution in [3.8, 4) is 0 Å². The normalized spacial score (nSPS) is 22.0. The second-order valence-electron chi connectivity index (χ2n) is 7.53. The molecule has 15 nitrogen and oxygen atoms in total. The van der Waals surface area contributed by atoms with Gasteiger partial charge >= 0.3 is 0 Å². The van der Waals surface area contributed by atoms with Crippen LogP contribution in [0.4, 0.5) is 0 Å². The van der Waals surface area contributed by atoms with Gasteiger partial charge in [-0.15, -0.1) is 0 Å². The van der Waals surface area contributed by atoms with E-state index in [1.807, 2.05) is 0 Å². The summed E-state index contributed by atoms with van der Waals surface area (Å²) in [5, 5.41) is 18.3. The van der Waals surface area contributed by atoms with Gasteiger partial charge in [0, 0.05) is 78.5 Å². The highest BCUT2D eigenvalue weighted by Gasteiger charge is 2.09. The summed E-state index contributed by atoms with van der Waals surface area (Å²) in [7, 11) is 0. The van der Waals surface area contributed by atoms with Crippen LogP contribution < -0.4 is 69.1 Å². The number of nitrogens with two attached hydrogens (primary N) is 3. The zero-order valence-corrected chi connectivity index (χ0v) is 23.8. The molecule has 0 aromatic carbocycles. The summed E-state index contributed by atoms with van der Waals surface area (Å²) in [6, 6.07) is 0. The molecule has 0 atom stereocenters. The fourth-order valence-corrected chi connectivity index (χ4v) is 3.62. The summed E-state index contributed by atoms with van der Waals surface area (Å²) < 4.78 is 0. The van der Waals surface area contributed by atoms with Crippen LogP contribution in [0.1, 0.15) is 0 Å². The minimum atomic E-state index is 0. The van der Waals surface area contributed by atoms with Gasteiger partial charge in [0.1, 0.15) is 0 Å². The lowest BCUT2D eigenvalue weighted by molar-refractivity contribution is -0.657. The van der Waals surface area contributed by atoms with Crippen molar-refractivity contribution in [1.82, 2.24) is 25.8 Å². The zero-order valence-electron chi connectivity index (χ0n) is 21.5. The Hall–Kier alpha value is 0.270. The third kappa shape index (κ3) is 34.3. The maximum atomic E-state index is 3.63. The van der Waals surface area contributed by atoms with E-state index in [4.69, 9.17) is 0 Å². The fraction of sp³-hybridized carbons (Fsp3) is 1.00. The molecule has 2 bridgehead atoms. The average molecular weight is 606 g/mol. The van der Waals surface area contributed by atoms with Gasteiger partial charge in [-0.25, -0.2) is 0 Å². The molecule has 0 aromatic rings. The molecule has 234 valence electrons. The van der Waals surface area contributed by atoms with E-state index in [0.717, 1.165) is 52.4 Å². The Morgan fingerprint density at radius 2 is 0.583 bits per heavy atom. The molecule has 3 aliphatic heterocycles. The van der Waals surface area contributed by atoms with Gasteiger partial charge in [-0.1, -0.05) is 0 Å². The quantitative estimate of drug-likeness (QED) is 0.156. The molecule has 0 radical (unpaired) electrons. The second kappa shape index (κ2) is 45.2. The Kier molecular flexibility index (Phi) is 76.2. The van der Waals surface area contributed by atoms with Gasteiger partial charge in [-0.3, -0.25) is 9.80 Å². The van der Waals surface area contributed by atoms with Crippen LogP contribution in [0.5, 0.6) is 0 Å². The fourth-order valence-electron chi connectivity index (χ4n) is 3.62. The Bertz CT molecular complexity index is 280. The van der Waals surface area contributed by atoms with Gasteiger partial charge in [-0.05, 0) is 0 Å². The Morgan fingerprint density at radius 3 is 0.861 bits per heavy atom. The van der Waals surface area contributed by atoms with Gasteiger partial charge in [0.2, 0.25) is 0 Å². The summed E-state index contributed by atoms with van der Waals surface area (Å²) in [5.41, 5.74) is 0. The number of rotatable bonds is 0. The van der Waals surface area contributed by atoms with Crippen molar-refractivity contribution >= 4 is 0 Å². The highest BCUT2D eigenvalue weighted by molar-refractivity contribution is 4.62. The number of halogens is 3. The first-order valence-electron chi connectivity index (χ1n) is 11.0. The molecular weight excluding hydrogens is 547 g/mol. The predicted molar refractivity (Wildman–Crippen MR) is 132 cm³/mol. The summed E-state index contributed by atoms with van der Waals surface area (Å²) in [4.78, 5) is 5.25. The van der Waals surface area contributed by atoms with Crippen LogP contribution in [0.25, 0.3) is 0 Å². The summed E-state index contributed by atoms with van der Waals surface area (Å²) in [6.07, 6.45) is 0. The first-order chi connectivity index (χ1) is 12.9. The van der Waals surface area contributed by atoms with Gasteiger partial charge in [0.05, 0.1) is 39.3 Å². The molecule has 0 aromatic heterocycles. The van der Waals surface area contributed by atoms with E-state index in [1.54, 1.807) is 0 Å². The molecule has 0 unspecified atom stereocenters. The van der Waals surface area contributed by atoms with Crippen molar-refractivity contribution in [2.45, 2.75) is 0 Å². The minimum absolute atomic E-state index is 0. The molecule has 0 aliphatic carbocycles. The number of hydrogen-bond acceptors (Lipinski definition) is 5. The molecule has 3 aliphatic rings. The second-order valence-corrected chi connectivity index (χ2v) is 7.53. The molecular formula is C18H59Cl3N8O7. The van der Waals surface area contributed by atoms with Crippen molar-refractivity contribution in [2.24, 2.45) is 0 Å². The third-order valence-electron chi connectivity index (χ3n) is 5.34. The van der Waals surface area contributed by atoms with Crippen LogP contribution in [-0.2, 0) is 0 Å². The molecule has 18 heteroatoms. The van der Waals surface area contributed by atoms with Gasteiger partial charge in [-0.2, -0.15) is 0 Å². The monoisotopic (exact) mass is 604 g/mol. The standard InChI is InChI=1S/C18H42N8.3ClH.7H2O/c1-2-20-8-14-26-17-11-23-5-3-21-9-15-25(13-7-19-1)16-10-22-4-6-24-12-18-26;;;;;;;;;;/h19-24H,1-18H2;3*1H;7*1H2. The van der Waals surface area contributed by atoms with Crippen LogP contribution in [-0.4, -0.2) is 166 Å². The minimum Gasteiger partial charge on any atom is -1.00 e. The highest BCUT2D eigenvalue weighted by atomic mass is 35.5. The average Bonchev–Trinajstić information content (AvgIpc) is 2.65. The van der Waals surface area contributed by atoms with E-state index >= 15 is 0 Å². The van der Waals surface area contributed by atoms with Crippen molar-refractivity contribution < 1.29 is 91.5 Å². The Labute approximate surface area is 235 Å². The van der Waals surface area contributed by atoms with Crippen LogP contribution in [0, 0.1) is 0 Å². The maximum absolute atomic E-state index is 3.63. The van der Waals surface area contributed by atoms with Crippen molar-refractivity contribution in [1.29, 1.82) is 0 Å². The number of quaternary nitrogens is 3. The smallest absolute Gasteiger partial charge is 0.0885 e. The molecule has 0 saturated carbocycles. The lowest BCUT2D eigenvalue weighted by atomic mass is 10.4. The van der Waals surface area contributed by atoms with E-state index in [0.29, 0.717) is 0 Å². The van der Waals surface area contributed by atoms with Crippen LogP contribution >= 0.6 is 0 Å². The van der Waals surface area contributed by atoms with Crippen LogP contribution in [0.3, 0.4) is 0 Å². The number of fused-ring (bicyclic) bond motifs is 21. The summed E-state index contributed by atoms with van der Waals surface area (Å²) in [6.45, 7) is 21.0. The molecule has 23 N–H and O–H groups in total. The zero-order chi connectivity index (χ0) is 18.1. The lowest BCUT2D eigenvalue weighted by Gasteiger charge is -2.23. The number of hydrogen-bond donors (Lipinski definition) is 6. The van der Waals surface area contributed by atoms with Gasteiger partial charge in [0.15, 0.2) is 0 Å². The summed E-state index contributed by atoms with van der Waals surface area (Å²) in [5.74, 6) is 0. The van der Waals surface area contributed by atoms with E-state index in [9.17, 15) is 0 Å². The van der Waals surface area contributed by atoms with Crippen LogP contribution in [0.15, 0.2) is 0 Å². The number of nitrogens with zero attached hydrogens (tertiary/aromatic N) is 2. The van der Waals surface area contributed by atoms with Crippen molar-refractivity contribution in [2.75, 3.05) is 118 Å². The summed E-state index contributed by atoms with van der Waals surface area (Å²) >= 11 is 0. The highest BCUT2D eigenvalue weighted by Crippen LogP contribution is 1.85. The topological polar surface area (TPSA) is 313 Å². The third-order valence-corrected chi connectivity index (χ3v) is 5.34. The lowest BCUT2D eigenvalue weighted by Crippen LogP contribution is -3.00. The molecule has 3 rings (SSSR count). The predicted octanol–water partition coefficient (Wildman–Crippen LogP) is -20.7. The maximum Gasteiger partial charge on any atom is 0.0885 e. The Morgan fingerprint density at radius 1 is 0.333 bits per heavy atom. The van der Waals surface area contributed by atoms with Gasteiger partial charge < -0.3 is 107 Å². The molecule has 0 amide bonds. The van der Waals surface area contributed by atoms with E-state index < -0.39 is 0 Å². The Balaban J connectivity index is -0.000000104. The van der Waals surface area contributed by atoms with E-state index in [2.05, 4.69) is 41.7 Å². The SMILES string of the molecule is C1C[NH2+]CCN2CCNCC[NH2+]CCN(CCN1)CC[NH2+]CCNCC2.O.O.O.O.O.O.O.[Cl-].[Cl-].[Cl-]. The van der Waals surface area contributed by atoms with E-state index in [1.165, 1.54) is 65.4 Å². The first-order valence-corrected chi connectivity index (χ1v) is 11.0. The number of nitrogens with one attached hydrogen (secondary N) is 3. The first kappa shape index (κ1) is 60.7. The molecule has 0 spiro atoms. The molecule has 36 heavy (non-hydrogen) atoms. The van der Waals surface area contributed by atoms with Crippen LogP contribution in [0.2, 0.25) is 0 Å².